The van der Waals surface area contributed by atoms with Crippen molar-refractivity contribution < 1.29 is 33.0 Å². The first-order chi connectivity index (χ1) is 15.2. The van der Waals surface area contributed by atoms with Gasteiger partial charge in [-0.25, -0.2) is 0 Å². The van der Waals surface area contributed by atoms with Gasteiger partial charge in [-0.2, -0.15) is 4.57 Å². The Hall–Kier alpha value is -2.80. The number of aromatic nitrogens is 1. The van der Waals surface area contributed by atoms with Gasteiger partial charge < -0.3 is 38.2 Å². The van der Waals surface area contributed by atoms with Crippen LogP contribution >= 0.6 is 0 Å². The van der Waals surface area contributed by atoms with Crippen molar-refractivity contribution in [1.82, 2.24) is 0 Å². The van der Waals surface area contributed by atoms with Gasteiger partial charge in [0.25, 0.3) is 5.52 Å². The Labute approximate surface area is 206 Å². The van der Waals surface area contributed by atoms with Crippen molar-refractivity contribution in [1.29, 1.82) is 0 Å². The van der Waals surface area contributed by atoms with E-state index in [1.165, 1.54) is 28.0 Å². The van der Waals surface area contributed by atoms with E-state index in [-0.39, 0.29) is 24.0 Å². The summed E-state index contributed by atoms with van der Waals surface area (Å²) in [5.41, 5.74) is 4.59. The Morgan fingerprint density at radius 1 is 0.844 bits per heavy atom. The van der Waals surface area contributed by atoms with E-state index in [0.29, 0.717) is 0 Å². The number of oxazole rings is 1. The molecule has 0 spiro atoms. The van der Waals surface area contributed by atoms with Crippen LogP contribution in [0.2, 0.25) is 0 Å². The summed E-state index contributed by atoms with van der Waals surface area (Å²) in [6, 6.07) is 21.4. The van der Waals surface area contributed by atoms with Crippen molar-refractivity contribution in [2.24, 2.45) is 0 Å². The second kappa shape index (κ2) is 9.36. The fourth-order valence-electron chi connectivity index (χ4n) is 4.61. The zero-order valence-corrected chi connectivity index (χ0v) is 20.9. The first-order valence-corrected chi connectivity index (χ1v) is 11.1. The molecule has 1 aliphatic heterocycles. The second-order valence-electron chi connectivity index (χ2n) is 7.71. The average Bonchev–Trinajstić information content (AvgIpc) is 3.31. The van der Waals surface area contributed by atoms with Gasteiger partial charge in [0.1, 0.15) is 12.4 Å². The summed E-state index contributed by atoms with van der Waals surface area (Å²) < 4.78 is 8.30. The highest BCUT2D eigenvalue weighted by Crippen LogP contribution is 2.43. The van der Waals surface area contributed by atoms with E-state index in [4.69, 9.17) is 4.42 Å². The molecule has 0 amide bonds. The molecule has 1 aromatic heterocycles. The number of para-hydroxylation sites is 2. The molecule has 0 N–H and O–H groups in total. The van der Waals surface area contributed by atoms with Crippen LogP contribution in [0.5, 0.6) is 0 Å². The van der Waals surface area contributed by atoms with E-state index in [0.717, 1.165) is 36.6 Å². The highest BCUT2D eigenvalue weighted by Gasteiger charge is 2.29. The van der Waals surface area contributed by atoms with Gasteiger partial charge in [-0.1, -0.05) is 36.4 Å². The Morgan fingerprint density at radius 3 is 2.03 bits per heavy atom. The quantitative estimate of drug-likeness (QED) is 0.289. The number of fused-ring (bicyclic) bond motifs is 3. The van der Waals surface area contributed by atoms with E-state index in [1.54, 1.807) is 0 Å². The molecule has 0 fully saturated rings. The predicted octanol–water partition coefficient (Wildman–Crippen LogP) is 3.12. The molecule has 3 aromatic carbocycles. The molecule has 1 aliphatic rings. The van der Waals surface area contributed by atoms with Crippen LogP contribution in [0.1, 0.15) is 26.7 Å². The van der Waals surface area contributed by atoms with Crippen LogP contribution < -0.4 is 38.3 Å². The second-order valence-corrected chi connectivity index (χ2v) is 7.71. The SMILES string of the molecule is CCN1C(=C/C=C/c2oc3ccccc3[n+]2CC)N(CC)c2cc3ccccc3cc21.[I-]. The van der Waals surface area contributed by atoms with Crippen molar-refractivity contribution in [3.8, 4) is 0 Å². The minimum absolute atomic E-state index is 0. The fraction of sp³-hybridized carbons (Fsp3) is 0.222. The summed E-state index contributed by atoms with van der Waals surface area (Å²) in [5, 5.41) is 2.55. The number of aryl methyl sites for hydroxylation is 1. The number of nitrogens with zero attached hydrogens (tertiary/aromatic N) is 3. The topological polar surface area (TPSA) is 23.5 Å². The Morgan fingerprint density at radius 2 is 1.44 bits per heavy atom. The van der Waals surface area contributed by atoms with Crippen molar-refractivity contribution >= 4 is 39.3 Å². The number of benzene rings is 3. The third-order valence-corrected chi connectivity index (χ3v) is 6.05. The van der Waals surface area contributed by atoms with E-state index in [9.17, 15) is 0 Å². The highest BCUT2D eigenvalue weighted by molar-refractivity contribution is 5.96. The molecular weight excluding hydrogens is 509 g/mol. The Kier molecular flexibility index (Phi) is 6.55. The van der Waals surface area contributed by atoms with E-state index in [1.807, 2.05) is 12.1 Å². The first kappa shape index (κ1) is 22.4. The maximum atomic E-state index is 6.09. The van der Waals surface area contributed by atoms with Gasteiger partial charge in [-0.3, -0.25) is 0 Å². The predicted molar refractivity (Wildman–Crippen MR) is 129 cm³/mol. The van der Waals surface area contributed by atoms with Crippen LogP contribution in [0.4, 0.5) is 11.4 Å². The molecule has 0 atom stereocenters. The number of allylic oxidation sites excluding steroid dienone is 2. The highest BCUT2D eigenvalue weighted by atomic mass is 127. The van der Waals surface area contributed by atoms with E-state index in [2.05, 4.69) is 102 Å². The lowest BCUT2D eigenvalue weighted by Gasteiger charge is -2.23. The molecule has 2 heterocycles. The normalized spacial score (nSPS) is 13.3. The molecule has 0 saturated carbocycles. The van der Waals surface area contributed by atoms with Gasteiger partial charge in [0.05, 0.1) is 17.5 Å². The molecule has 0 unspecified atom stereocenters. The lowest BCUT2D eigenvalue weighted by atomic mass is 10.1. The lowest BCUT2D eigenvalue weighted by molar-refractivity contribution is -0.674. The van der Waals surface area contributed by atoms with Crippen molar-refractivity contribution in [2.45, 2.75) is 27.3 Å². The molecule has 0 radical (unpaired) electrons. The summed E-state index contributed by atoms with van der Waals surface area (Å²) >= 11 is 0. The maximum absolute atomic E-state index is 6.09. The molecule has 4 aromatic rings. The summed E-state index contributed by atoms with van der Waals surface area (Å²) in [6.07, 6.45) is 6.37. The summed E-state index contributed by atoms with van der Waals surface area (Å²) in [5.74, 6) is 2.07. The zero-order chi connectivity index (χ0) is 21.4. The van der Waals surface area contributed by atoms with Crippen LogP contribution in [-0.2, 0) is 6.54 Å². The van der Waals surface area contributed by atoms with Gasteiger partial charge >= 0.3 is 5.89 Å². The smallest absolute Gasteiger partial charge is 0.374 e. The van der Waals surface area contributed by atoms with Gasteiger partial charge in [0, 0.05) is 19.2 Å². The van der Waals surface area contributed by atoms with Crippen LogP contribution in [0.3, 0.4) is 0 Å². The van der Waals surface area contributed by atoms with E-state index >= 15 is 0 Å². The van der Waals surface area contributed by atoms with Crippen molar-refractivity contribution in [3.63, 3.8) is 0 Å². The monoisotopic (exact) mass is 537 g/mol. The summed E-state index contributed by atoms with van der Waals surface area (Å²) in [7, 11) is 0. The fourth-order valence-corrected chi connectivity index (χ4v) is 4.61. The number of hydrogen-bond donors (Lipinski definition) is 0. The van der Waals surface area contributed by atoms with Crippen molar-refractivity contribution in [3.05, 3.63) is 84.5 Å². The summed E-state index contributed by atoms with van der Waals surface area (Å²) in [4.78, 5) is 4.78. The zero-order valence-electron chi connectivity index (χ0n) is 18.8. The Balaban J connectivity index is 0.00000245. The third kappa shape index (κ3) is 3.68. The van der Waals surface area contributed by atoms with Gasteiger partial charge in [0.2, 0.25) is 5.58 Å². The lowest BCUT2D eigenvalue weighted by Crippen LogP contribution is -3.00. The van der Waals surface area contributed by atoms with E-state index < -0.39 is 0 Å². The molecular formula is C27H28IN3O. The third-order valence-electron chi connectivity index (χ3n) is 6.05. The Bertz CT molecular complexity index is 1270. The number of hydrogen-bond acceptors (Lipinski definition) is 3. The number of anilines is 2. The molecule has 0 bridgehead atoms. The molecule has 164 valence electrons. The number of halogens is 1. The standard InChI is InChI=1S/C27H28N3O.HI/c1-4-28-23-18-20-12-7-8-13-21(20)19-24(23)29(5-2)26(28)16-11-17-27-30(6-3)22-14-9-10-15-25(22)31-27;/h7-19H,4-6H2,1-3H3;1H/q+1;/p-1. The van der Waals surface area contributed by atoms with Crippen LogP contribution in [0.15, 0.2) is 83.1 Å². The summed E-state index contributed by atoms with van der Waals surface area (Å²) in [6.45, 7) is 9.27. The minimum Gasteiger partial charge on any atom is -1.00 e. The van der Waals surface area contributed by atoms with Gasteiger partial charge in [-0.15, -0.1) is 0 Å². The largest absolute Gasteiger partial charge is 1.00 e. The molecule has 0 aliphatic carbocycles. The van der Waals surface area contributed by atoms with Crippen LogP contribution in [-0.4, -0.2) is 13.1 Å². The van der Waals surface area contributed by atoms with Crippen LogP contribution in [0.25, 0.3) is 27.9 Å². The molecule has 0 saturated heterocycles. The van der Waals surface area contributed by atoms with Gasteiger partial charge in [-0.05, 0) is 61.9 Å². The minimum atomic E-state index is 0. The van der Waals surface area contributed by atoms with Crippen LogP contribution in [0, 0.1) is 0 Å². The number of rotatable bonds is 5. The molecule has 5 heteroatoms. The maximum Gasteiger partial charge on any atom is 0.374 e. The average molecular weight is 537 g/mol. The first-order valence-electron chi connectivity index (χ1n) is 11.1. The molecule has 32 heavy (non-hydrogen) atoms. The molecule has 4 nitrogen and oxygen atoms in total. The molecule has 5 rings (SSSR count). The van der Waals surface area contributed by atoms with Gasteiger partial charge in [0.15, 0.2) is 0 Å². The van der Waals surface area contributed by atoms with Crippen molar-refractivity contribution in [2.75, 3.05) is 22.9 Å².